The van der Waals surface area contributed by atoms with Crippen molar-refractivity contribution in [3.8, 4) is 5.75 Å². The number of rotatable bonds is 8. The van der Waals surface area contributed by atoms with E-state index in [1.165, 1.54) is 4.31 Å². The van der Waals surface area contributed by atoms with Crippen molar-refractivity contribution in [1.29, 1.82) is 0 Å². The van der Waals surface area contributed by atoms with E-state index in [-0.39, 0.29) is 36.7 Å². The molecule has 2 aliphatic rings. The van der Waals surface area contributed by atoms with Gasteiger partial charge < -0.3 is 19.5 Å². The van der Waals surface area contributed by atoms with E-state index in [0.29, 0.717) is 12.4 Å². The van der Waals surface area contributed by atoms with Crippen LogP contribution in [0, 0.1) is 0 Å². The van der Waals surface area contributed by atoms with Gasteiger partial charge >= 0.3 is 0 Å². The molecule has 3 aromatic rings. The zero-order chi connectivity index (χ0) is 25.8. The Hall–Kier alpha value is -2.91. The lowest BCUT2D eigenvalue weighted by Crippen LogP contribution is -2.40. The Kier molecular flexibility index (Phi) is 7.81. The second-order valence-electron chi connectivity index (χ2n) is 9.71. The number of nitrogens with zero attached hydrogens (tertiary/aromatic N) is 2. The Morgan fingerprint density at radius 3 is 2.51 bits per heavy atom. The van der Waals surface area contributed by atoms with E-state index in [4.69, 9.17) is 9.47 Å². The van der Waals surface area contributed by atoms with Crippen LogP contribution in [0.1, 0.15) is 36.9 Å². The summed E-state index contributed by atoms with van der Waals surface area (Å²) in [7, 11) is -3.85. The van der Waals surface area contributed by atoms with Gasteiger partial charge in [0.05, 0.1) is 32.4 Å². The molecule has 0 spiro atoms. The molecular weight excluding hydrogens is 488 g/mol. The standard InChI is InChI=1S/C29H34N2O5S/c1-22(24-11-6-3-7-12-24)31-18-27(21-35-20-23-9-4-2-5-10-23)36-28-17-25(14-15-29(28)37(31,33)34)30-16-8-13-26(30)19-32/h2-7,9-12,14-15,17,22,26-27,32H,8,13,16,18-21H2,1H3/t22-,26-,27+/m0/s1. The van der Waals surface area contributed by atoms with Crippen molar-refractivity contribution in [3.63, 3.8) is 0 Å². The van der Waals surface area contributed by atoms with Crippen LogP contribution in [0.3, 0.4) is 0 Å². The van der Waals surface area contributed by atoms with Crippen LogP contribution in [0.5, 0.6) is 5.75 Å². The Morgan fingerprint density at radius 2 is 1.78 bits per heavy atom. The second kappa shape index (κ2) is 11.2. The number of anilines is 1. The molecule has 0 aromatic heterocycles. The van der Waals surface area contributed by atoms with Gasteiger partial charge in [-0.15, -0.1) is 0 Å². The zero-order valence-electron chi connectivity index (χ0n) is 21.1. The number of sulfonamides is 1. The van der Waals surface area contributed by atoms with Gasteiger partial charge in [-0.2, -0.15) is 4.31 Å². The summed E-state index contributed by atoms with van der Waals surface area (Å²) in [6, 6.07) is 24.5. The predicted molar refractivity (Wildman–Crippen MR) is 143 cm³/mol. The van der Waals surface area contributed by atoms with Crippen LogP contribution in [0.4, 0.5) is 5.69 Å². The number of benzene rings is 3. The third-order valence-corrected chi connectivity index (χ3v) is 9.22. The lowest BCUT2D eigenvalue weighted by molar-refractivity contribution is 0.0313. The lowest BCUT2D eigenvalue weighted by Gasteiger charge is -2.29. The van der Waals surface area contributed by atoms with E-state index in [1.807, 2.05) is 79.7 Å². The molecule has 0 amide bonds. The highest BCUT2D eigenvalue weighted by Gasteiger charge is 2.39. The van der Waals surface area contributed by atoms with Gasteiger partial charge in [-0.1, -0.05) is 60.7 Å². The Labute approximate surface area is 219 Å². The summed E-state index contributed by atoms with van der Waals surface area (Å²) in [6.45, 7) is 3.62. The molecule has 196 valence electrons. The Bertz CT molecular complexity index is 1290. The Morgan fingerprint density at radius 1 is 1.05 bits per heavy atom. The molecule has 3 atom stereocenters. The average Bonchev–Trinajstić information content (AvgIpc) is 3.37. The van der Waals surface area contributed by atoms with Gasteiger partial charge in [0.2, 0.25) is 10.0 Å². The average molecular weight is 523 g/mol. The van der Waals surface area contributed by atoms with E-state index >= 15 is 0 Å². The molecule has 0 saturated carbocycles. The highest BCUT2D eigenvalue weighted by Crippen LogP contribution is 2.39. The van der Waals surface area contributed by atoms with Gasteiger partial charge in [0.1, 0.15) is 16.7 Å². The van der Waals surface area contributed by atoms with Gasteiger partial charge in [-0.05, 0) is 43.0 Å². The van der Waals surface area contributed by atoms with Crippen LogP contribution in [0.2, 0.25) is 0 Å². The number of ether oxygens (including phenoxy) is 2. The molecule has 0 radical (unpaired) electrons. The number of hydrogen-bond donors (Lipinski definition) is 1. The molecule has 8 heteroatoms. The summed E-state index contributed by atoms with van der Waals surface area (Å²) in [4.78, 5) is 2.29. The van der Waals surface area contributed by atoms with Gasteiger partial charge in [0.15, 0.2) is 0 Å². The first-order valence-corrected chi connectivity index (χ1v) is 14.3. The molecule has 0 aliphatic carbocycles. The first-order valence-electron chi connectivity index (χ1n) is 12.8. The summed E-state index contributed by atoms with van der Waals surface area (Å²) >= 11 is 0. The van der Waals surface area contributed by atoms with Gasteiger partial charge in [0.25, 0.3) is 0 Å². The molecule has 1 fully saturated rings. The molecule has 2 aliphatic heterocycles. The fourth-order valence-electron chi connectivity index (χ4n) is 5.22. The fourth-order valence-corrected chi connectivity index (χ4v) is 6.98. The third kappa shape index (κ3) is 5.52. The first kappa shape index (κ1) is 25.7. The van der Waals surface area contributed by atoms with Crippen LogP contribution < -0.4 is 9.64 Å². The van der Waals surface area contributed by atoms with Crippen molar-refractivity contribution in [2.24, 2.45) is 0 Å². The van der Waals surface area contributed by atoms with Crippen molar-refractivity contribution in [2.75, 3.05) is 31.2 Å². The highest BCUT2D eigenvalue weighted by atomic mass is 32.2. The molecule has 7 nitrogen and oxygen atoms in total. The van der Waals surface area contributed by atoms with Crippen molar-refractivity contribution in [1.82, 2.24) is 4.31 Å². The maximum atomic E-state index is 14.0. The molecule has 2 heterocycles. The Balaban J connectivity index is 1.47. The van der Waals surface area contributed by atoms with Crippen molar-refractivity contribution >= 4 is 15.7 Å². The summed E-state index contributed by atoms with van der Waals surface area (Å²) in [5.74, 6) is 0.331. The predicted octanol–water partition coefficient (Wildman–Crippen LogP) is 4.38. The molecule has 5 rings (SSSR count). The maximum Gasteiger partial charge on any atom is 0.247 e. The summed E-state index contributed by atoms with van der Waals surface area (Å²) in [5.41, 5.74) is 2.82. The second-order valence-corrected chi connectivity index (χ2v) is 11.6. The quantitative estimate of drug-likeness (QED) is 0.473. The van der Waals surface area contributed by atoms with Crippen LogP contribution in [0.15, 0.2) is 83.8 Å². The number of fused-ring (bicyclic) bond motifs is 1. The zero-order valence-corrected chi connectivity index (χ0v) is 21.9. The molecular formula is C29H34N2O5S. The monoisotopic (exact) mass is 522 g/mol. The van der Waals surface area contributed by atoms with Crippen LogP contribution in [0.25, 0.3) is 0 Å². The van der Waals surface area contributed by atoms with E-state index < -0.39 is 16.1 Å². The minimum absolute atomic E-state index is 0.0278. The highest BCUT2D eigenvalue weighted by molar-refractivity contribution is 7.89. The molecule has 3 aromatic carbocycles. The normalized spacial score (nSPS) is 22.2. The van der Waals surface area contributed by atoms with Crippen molar-refractivity contribution in [3.05, 3.63) is 90.0 Å². The number of aliphatic hydroxyl groups is 1. The van der Waals surface area contributed by atoms with Gasteiger partial charge in [-0.25, -0.2) is 8.42 Å². The van der Waals surface area contributed by atoms with E-state index in [0.717, 1.165) is 36.2 Å². The molecule has 37 heavy (non-hydrogen) atoms. The fraction of sp³-hybridized carbons (Fsp3) is 0.379. The molecule has 1 N–H and O–H groups in total. The van der Waals surface area contributed by atoms with E-state index in [1.54, 1.807) is 6.07 Å². The number of hydrogen-bond acceptors (Lipinski definition) is 6. The number of aliphatic hydroxyl groups excluding tert-OH is 1. The minimum atomic E-state index is -3.85. The van der Waals surface area contributed by atoms with Gasteiger partial charge in [0, 0.05) is 24.3 Å². The topological polar surface area (TPSA) is 79.3 Å². The first-order chi connectivity index (χ1) is 18.0. The molecule has 0 bridgehead atoms. The maximum absolute atomic E-state index is 14.0. The SMILES string of the molecule is C[C@@H](c1ccccc1)N1C[C@H](COCc2ccccc2)Oc2cc(N3CCC[C@H]3CO)ccc2S1(=O)=O. The van der Waals surface area contributed by atoms with E-state index in [9.17, 15) is 13.5 Å². The van der Waals surface area contributed by atoms with Crippen LogP contribution >= 0.6 is 0 Å². The third-order valence-electron chi connectivity index (χ3n) is 7.24. The molecule has 1 saturated heterocycles. The summed E-state index contributed by atoms with van der Waals surface area (Å²) in [6.07, 6.45) is 1.40. The smallest absolute Gasteiger partial charge is 0.247 e. The van der Waals surface area contributed by atoms with Crippen LogP contribution in [-0.2, 0) is 21.4 Å². The summed E-state index contributed by atoms with van der Waals surface area (Å²) in [5, 5.41) is 9.81. The minimum Gasteiger partial charge on any atom is -0.485 e. The molecule has 0 unspecified atom stereocenters. The lowest BCUT2D eigenvalue weighted by atomic mass is 10.1. The van der Waals surface area contributed by atoms with E-state index in [2.05, 4.69) is 4.90 Å². The van der Waals surface area contributed by atoms with Gasteiger partial charge in [-0.3, -0.25) is 0 Å². The summed E-state index contributed by atoms with van der Waals surface area (Å²) < 4.78 is 41.9. The van der Waals surface area contributed by atoms with Crippen molar-refractivity contribution < 1.29 is 23.0 Å². The largest absolute Gasteiger partial charge is 0.485 e. The van der Waals surface area contributed by atoms with Crippen LogP contribution in [-0.4, -0.2) is 56.3 Å². The van der Waals surface area contributed by atoms with Crippen molar-refractivity contribution in [2.45, 2.75) is 49.5 Å².